The summed E-state index contributed by atoms with van der Waals surface area (Å²) in [6.07, 6.45) is 3.23. The average molecular weight is 406 g/mol. The minimum Gasteiger partial charge on any atom is -0.381 e. The van der Waals surface area contributed by atoms with E-state index in [2.05, 4.69) is 25.9 Å². The second-order valence-electron chi connectivity index (χ2n) is 7.42. The lowest BCUT2D eigenvalue weighted by Gasteiger charge is -2.36. The van der Waals surface area contributed by atoms with Gasteiger partial charge in [0.2, 0.25) is 5.91 Å². The summed E-state index contributed by atoms with van der Waals surface area (Å²) in [6.45, 7) is 4.17. The molecule has 0 spiro atoms. The Morgan fingerprint density at radius 1 is 1.07 bits per heavy atom. The highest BCUT2D eigenvalue weighted by Gasteiger charge is 2.41. The number of carbonyl (C=O) groups excluding carboxylic acids is 1. The minimum atomic E-state index is -0.525. The number of hydrogen-bond donors (Lipinski definition) is 2. The number of nitrogens with zero attached hydrogens (tertiary/aromatic N) is 4. The van der Waals surface area contributed by atoms with E-state index in [1.807, 2.05) is 61.7 Å². The number of ether oxygens (including phenoxy) is 1. The van der Waals surface area contributed by atoms with Gasteiger partial charge in [-0.05, 0) is 43.5 Å². The van der Waals surface area contributed by atoms with Crippen molar-refractivity contribution >= 4 is 11.7 Å². The highest BCUT2D eigenvalue weighted by molar-refractivity contribution is 5.88. The second kappa shape index (κ2) is 9.04. The molecule has 0 radical (unpaired) electrons. The van der Waals surface area contributed by atoms with Crippen LogP contribution in [0.2, 0.25) is 0 Å². The van der Waals surface area contributed by atoms with Crippen molar-refractivity contribution in [3.63, 3.8) is 0 Å². The van der Waals surface area contributed by atoms with Gasteiger partial charge in [-0.3, -0.25) is 4.79 Å². The van der Waals surface area contributed by atoms with Crippen molar-refractivity contribution in [2.75, 3.05) is 31.6 Å². The molecule has 1 saturated heterocycles. The Morgan fingerprint density at radius 2 is 1.87 bits per heavy atom. The number of hydrogen-bond acceptors (Lipinski definition) is 6. The smallest absolute Gasteiger partial charge is 0.230 e. The van der Waals surface area contributed by atoms with Crippen molar-refractivity contribution in [1.82, 2.24) is 25.3 Å². The molecule has 0 bridgehead atoms. The molecule has 1 fully saturated rings. The molecule has 1 aliphatic heterocycles. The van der Waals surface area contributed by atoms with Crippen LogP contribution in [0.15, 0.2) is 54.7 Å². The van der Waals surface area contributed by atoms with Crippen LogP contribution in [0.25, 0.3) is 5.82 Å². The lowest BCUT2D eigenvalue weighted by Crippen LogP contribution is -2.49. The van der Waals surface area contributed by atoms with Gasteiger partial charge in [0.05, 0.1) is 11.1 Å². The number of aryl methyl sites for hydroxylation is 1. The zero-order valence-corrected chi connectivity index (χ0v) is 17.0. The lowest BCUT2D eigenvalue weighted by molar-refractivity contribution is -0.130. The quantitative estimate of drug-likeness (QED) is 0.585. The summed E-state index contributed by atoms with van der Waals surface area (Å²) >= 11 is 0. The van der Waals surface area contributed by atoms with Gasteiger partial charge in [0.1, 0.15) is 5.82 Å². The van der Waals surface area contributed by atoms with E-state index >= 15 is 0 Å². The Morgan fingerprint density at radius 3 is 2.53 bits per heavy atom. The van der Waals surface area contributed by atoms with E-state index in [1.165, 1.54) is 0 Å². The molecule has 156 valence electrons. The SMILES string of the molecule is Cc1ccn(-c2ccc(NCCNC(=O)C3(c4ccccc4)CCOCC3)nn2)n1. The van der Waals surface area contributed by atoms with Crippen LogP contribution in [0.3, 0.4) is 0 Å². The zero-order chi connectivity index (χ0) is 20.8. The summed E-state index contributed by atoms with van der Waals surface area (Å²) in [5, 5.41) is 19.0. The monoisotopic (exact) mass is 406 g/mol. The maximum absolute atomic E-state index is 13.1. The van der Waals surface area contributed by atoms with E-state index < -0.39 is 5.41 Å². The Hall–Kier alpha value is -3.26. The first-order valence-corrected chi connectivity index (χ1v) is 10.2. The normalized spacial score (nSPS) is 15.5. The average Bonchev–Trinajstić information content (AvgIpc) is 3.24. The highest BCUT2D eigenvalue weighted by atomic mass is 16.5. The van der Waals surface area contributed by atoms with Crippen LogP contribution < -0.4 is 10.6 Å². The molecule has 0 aliphatic carbocycles. The van der Waals surface area contributed by atoms with Gasteiger partial charge in [0.15, 0.2) is 5.82 Å². The molecule has 3 heterocycles. The molecule has 2 N–H and O–H groups in total. The van der Waals surface area contributed by atoms with E-state index in [-0.39, 0.29) is 5.91 Å². The van der Waals surface area contributed by atoms with Crippen LogP contribution in [0.4, 0.5) is 5.82 Å². The van der Waals surface area contributed by atoms with Gasteiger partial charge in [0.25, 0.3) is 0 Å². The molecular weight excluding hydrogens is 380 g/mol. The molecular formula is C22H26N6O2. The molecule has 1 aromatic carbocycles. The molecule has 4 rings (SSSR count). The van der Waals surface area contributed by atoms with Gasteiger partial charge in [-0.25, -0.2) is 4.68 Å². The first-order chi connectivity index (χ1) is 14.7. The van der Waals surface area contributed by atoms with Crippen molar-refractivity contribution in [2.45, 2.75) is 25.2 Å². The number of rotatable bonds is 7. The van der Waals surface area contributed by atoms with Crippen LogP contribution in [0.1, 0.15) is 24.1 Å². The Balaban J connectivity index is 1.31. The van der Waals surface area contributed by atoms with Crippen molar-refractivity contribution in [3.05, 3.63) is 66.0 Å². The minimum absolute atomic E-state index is 0.0503. The predicted molar refractivity (Wildman–Crippen MR) is 114 cm³/mol. The first kappa shape index (κ1) is 20.0. The van der Waals surface area contributed by atoms with Gasteiger partial charge in [-0.15, -0.1) is 10.2 Å². The van der Waals surface area contributed by atoms with Crippen LogP contribution in [0, 0.1) is 6.92 Å². The van der Waals surface area contributed by atoms with Gasteiger partial charge in [0, 0.05) is 32.5 Å². The van der Waals surface area contributed by atoms with Crippen LogP contribution in [0.5, 0.6) is 0 Å². The Kier molecular flexibility index (Phi) is 6.04. The third-order valence-corrected chi connectivity index (χ3v) is 5.43. The zero-order valence-electron chi connectivity index (χ0n) is 17.0. The Bertz CT molecular complexity index is 965. The standard InChI is InChI=1S/C22H26N6O2/c1-17-9-14-28(27-17)20-8-7-19(25-26-20)23-12-13-24-21(29)22(10-15-30-16-11-22)18-5-3-2-4-6-18/h2-9,14H,10-13,15-16H2,1H3,(H,23,25)(H,24,29). The molecule has 8 heteroatoms. The molecule has 0 saturated carbocycles. The summed E-state index contributed by atoms with van der Waals surface area (Å²) < 4.78 is 7.19. The van der Waals surface area contributed by atoms with Crippen molar-refractivity contribution in [2.24, 2.45) is 0 Å². The third-order valence-electron chi connectivity index (χ3n) is 5.43. The molecule has 1 amide bonds. The van der Waals surface area contributed by atoms with Crippen LogP contribution >= 0.6 is 0 Å². The fourth-order valence-electron chi connectivity index (χ4n) is 3.74. The summed E-state index contributed by atoms with van der Waals surface area (Å²) in [4.78, 5) is 13.1. The maximum Gasteiger partial charge on any atom is 0.230 e. The number of amides is 1. The van der Waals surface area contributed by atoms with Gasteiger partial charge < -0.3 is 15.4 Å². The molecule has 0 unspecified atom stereocenters. The van der Waals surface area contributed by atoms with Gasteiger partial charge in [-0.2, -0.15) is 5.10 Å². The molecule has 2 aromatic heterocycles. The fourth-order valence-corrected chi connectivity index (χ4v) is 3.74. The molecule has 0 atom stereocenters. The van der Waals surface area contributed by atoms with Crippen molar-refractivity contribution < 1.29 is 9.53 Å². The molecule has 30 heavy (non-hydrogen) atoms. The van der Waals surface area contributed by atoms with Crippen molar-refractivity contribution in [3.8, 4) is 5.82 Å². The number of benzene rings is 1. The number of aromatic nitrogens is 4. The third kappa shape index (κ3) is 4.33. The van der Waals surface area contributed by atoms with Crippen LogP contribution in [-0.2, 0) is 14.9 Å². The summed E-state index contributed by atoms with van der Waals surface area (Å²) in [7, 11) is 0. The first-order valence-electron chi connectivity index (χ1n) is 10.2. The van der Waals surface area contributed by atoms with Crippen LogP contribution in [-0.4, -0.2) is 52.2 Å². The number of carbonyl (C=O) groups is 1. The van der Waals surface area contributed by atoms with Crippen molar-refractivity contribution in [1.29, 1.82) is 0 Å². The summed E-state index contributed by atoms with van der Waals surface area (Å²) in [5.74, 6) is 1.36. The summed E-state index contributed by atoms with van der Waals surface area (Å²) in [6, 6.07) is 15.6. The van der Waals surface area contributed by atoms with E-state index in [0.717, 1.165) is 11.3 Å². The largest absolute Gasteiger partial charge is 0.381 e. The molecule has 8 nitrogen and oxygen atoms in total. The van der Waals surface area contributed by atoms with Gasteiger partial charge in [-0.1, -0.05) is 30.3 Å². The van der Waals surface area contributed by atoms with Gasteiger partial charge >= 0.3 is 0 Å². The van der Waals surface area contributed by atoms with E-state index in [1.54, 1.807) is 4.68 Å². The predicted octanol–water partition coefficient (Wildman–Crippen LogP) is 2.25. The van der Waals surface area contributed by atoms with E-state index in [0.29, 0.717) is 50.8 Å². The summed E-state index contributed by atoms with van der Waals surface area (Å²) in [5.41, 5.74) is 1.45. The van der Waals surface area contributed by atoms with E-state index in [4.69, 9.17) is 4.74 Å². The molecule has 1 aliphatic rings. The molecule has 3 aromatic rings. The maximum atomic E-state index is 13.1. The number of nitrogens with one attached hydrogen (secondary N) is 2. The highest BCUT2D eigenvalue weighted by Crippen LogP contribution is 2.35. The topological polar surface area (TPSA) is 94.0 Å². The second-order valence-corrected chi connectivity index (χ2v) is 7.42. The number of anilines is 1. The Labute approximate surface area is 175 Å². The van der Waals surface area contributed by atoms with E-state index in [9.17, 15) is 4.79 Å². The fraction of sp³-hybridized carbons (Fsp3) is 0.364. The lowest BCUT2D eigenvalue weighted by atomic mass is 9.73.